The first-order valence-corrected chi connectivity index (χ1v) is 12.3. The molecule has 1 amide bonds. The highest BCUT2D eigenvalue weighted by atomic mass is 35.5. The molecule has 0 radical (unpaired) electrons. The summed E-state index contributed by atoms with van der Waals surface area (Å²) in [5, 5.41) is 0.302. The summed E-state index contributed by atoms with van der Waals surface area (Å²) in [5.41, 5.74) is 1.36. The summed E-state index contributed by atoms with van der Waals surface area (Å²) in [5.74, 6) is -1.00. The van der Waals surface area contributed by atoms with E-state index < -0.39 is 17.7 Å². The maximum absolute atomic E-state index is 14.9. The summed E-state index contributed by atoms with van der Waals surface area (Å²) >= 11 is 5.96. The molecule has 0 N–H and O–H groups in total. The van der Waals surface area contributed by atoms with E-state index in [0.29, 0.717) is 10.8 Å². The molecule has 1 aromatic heterocycles. The van der Waals surface area contributed by atoms with Gasteiger partial charge >= 0.3 is 0 Å². The largest absolute Gasteiger partial charge is 0.491 e. The van der Waals surface area contributed by atoms with E-state index in [0.717, 1.165) is 31.9 Å². The van der Waals surface area contributed by atoms with E-state index in [-0.39, 0.29) is 31.2 Å². The highest BCUT2D eigenvalue weighted by Gasteiger charge is 2.45. The number of amides is 1. The Bertz CT molecular complexity index is 1190. The first-order valence-electron chi connectivity index (χ1n) is 11.9. The standard InChI is InChI=1S/C26H28ClFN4O4/c1-19(33)31-10-12-32(13-11-31)21-3-5-22(6-4-21)34-15-23-16-35-26(36-23,17-30-9-8-29-18-30)24-7-2-20(27)14-25(24)28/h2-9,14,18,23H,10-13,15-17H2,1H3. The number of halogens is 2. The van der Waals surface area contributed by atoms with Crippen LogP contribution in [-0.2, 0) is 26.6 Å². The summed E-state index contributed by atoms with van der Waals surface area (Å²) in [6.07, 6.45) is 4.65. The van der Waals surface area contributed by atoms with Crippen molar-refractivity contribution >= 4 is 23.2 Å². The molecular formula is C26H28ClFN4O4. The molecule has 5 rings (SSSR count). The monoisotopic (exact) mass is 514 g/mol. The molecule has 3 aromatic rings. The van der Waals surface area contributed by atoms with Gasteiger partial charge in [-0.05, 0) is 42.5 Å². The molecule has 2 aliphatic rings. The molecule has 2 aliphatic heterocycles. The van der Waals surface area contributed by atoms with Gasteiger partial charge in [-0.25, -0.2) is 9.37 Å². The lowest BCUT2D eigenvalue weighted by Crippen LogP contribution is -2.48. The van der Waals surface area contributed by atoms with Crippen molar-refractivity contribution in [2.75, 3.05) is 44.3 Å². The number of carbonyl (C=O) groups excluding carboxylic acids is 1. The minimum Gasteiger partial charge on any atom is -0.491 e. The summed E-state index contributed by atoms with van der Waals surface area (Å²) in [6, 6.07) is 12.3. The zero-order valence-electron chi connectivity index (χ0n) is 20.0. The van der Waals surface area contributed by atoms with Gasteiger partial charge in [0.2, 0.25) is 11.7 Å². The molecule has 8 nitrogen and oxygen atoms in total. The second-order valence-electron chi connectivity index (χ2n) is 8.96. The summed E-state index contributed by atoms with van der Waals surface area (Å²) < 4.78 is 35.0. The summed E-state index contributed by atoms with van der Waals surface area (Å²) in [6.45, 7) is 5.37. The molecule has 190 valence electrons. The van der Waals surface area contributed by atoms with Crippen LogP contribution in [0.25, 0.3) is 0 Å². The van der Waals surface area contributed by atoms with Gasteiger partial charge in [0, 0.05) is 61.8 Å². The second-order valence-corrected chi connectivity index (χ2v) is 9.40. The fourth-order valence-electron chi connectivity index (χ4n) is 4.60. The van der Waals surface area contributed by atoms with E-state index in [1.165, 1.54) is 6.07 Å². The lowest BCUT2D eigenvalue weighted by Gasteiger charge is -2.35. The number of aromatic nitrogens is 2. The maximum Gasteiger partial charge on any atom is 0.219 e. The highest BCUT2D eigenvalue weighted by Crippen LogP contribution is 2.38. The van der Waals surface area contributed by atoms with E-state index in [1.54, 1.807) is 42.3 Å². The molecule has 2 unspecified atom stereocenters. The van der Waals surface area contributed by atoms with Crippen molar-refractivity contribution in [3.05, 3.63) is 77.6 Å². The van der Waals surface area contributed by atoms with Gasteiger partial charge < -0.3 is 28.6 Å². The zero-order valence-corrected chi connectivity index (χ0v) is 20.7. The van der Waals surface area contributed by atoms with Crippen LogP contribution in [0, 0.1) is 5.82 Å². The maximum atomic E-state index is 14.9. The Morgan fingerprint density at radius 3 is 2.64 bits per heavy atom. The van der Waals surface area contributed by atoms with Crippen molar-refractivity contribution in [1.82, 2.24) is 14.5 Å². The van der Waals surface area contributed by atoms with Crippen LogP contribution in [0.4, 0.5) is 10.1 Å². The average molecular weight is 515 g/mol. The second kappa shape index (κ2) is 10.5. The number of anilines is 1. The van der Waals surface area contributed by atoms with E-state index in [2.05, 4.69) is 9.88 Å². The fourth-order valence-corrected chi connectivity index (χ4v) is 4.76. The van der Waals surface area contributed by atoms with Gasteiger partial charge in [0.25, 0.3) is 0 Å². The number of ether oxygens (including phenoxy) is 3. The van der Waals surface area contributed by atoms with Crippen LogP contribution >= 0.6 is 11.6 Å². The quantitative estimate of drug-likeness (QED) is 0.479. The molecule has 3 heterocycles. The number of hydrogen-bond donors (Lipinski definition) is 0. The Hall–Kier alpha value is -3.14. The molecule has 2 aromatic carbocycles. The summed E-state index contributed by atoms with van der Waals surface area (Å²) in [7, 11) is 0. The number of carbonyl (C=O) groups is 1. The molecule has 0 aliphatic carbocycles. The molecule has 10 heteroatoms. The Morgan fingerprint density at radius 2 is 1.97 bits per heavy atom. The zero-order chi connectivity index (χ0) is 25.1. The van der Waals surface area contributed by atoms with Gasteiger partial charge in [0.15, 0.2) is 0 Å². The van der Waals surface area contributed by atoms with Crippen LogP contribution in [0.5, 0.6) is 5.75 Å². The normalized spacial score (nSPS) is 22.1. The van der Waals surface area contributed by atoms with Gasteiger partial charge in [0.1, 0.15) is 24.3 Å². The van der Waals surface area contributed by atoms with Gasteiger partial charge in [0.05, 0.1) is 19.5 Å². The molecule has 2 atom stereocenters. The third kappa shape index (κ3) is 5.33. The molecule has 2 saturated heterocycles. The van der Waals surface area contributed by atoms with Crippen LogP contribution in [0.15, 0.2) is 61.2 Å². The third-order valence-electron chi connectivity index (χ3n) is 6.51. The Kier molecular flexibility index (Phi) is 7.13. The lowest BCUT2D eigenvalue weighted by atomic mass is 10.0. The molecule has 36 heavy (non-hydrogen) atoms. The number of nitrogens with zero attached hydrogens (tertiary/aromatic N) is 4. The van der Waals surface area contributed by atoms with Gasteiger partial charge in [-0.1, -0.05) is 11.6 Å². The van der Waals surface area contributed by atoms with Crippen molar-refractivity contribution in [2.45, 2.75) is 25.4 Å². The van der Waals surface area contributed by atoms with Gasteiger partial charge in [-0.15, -0.1) is 0 Å². The number of hydrogen-bond acceptors (Lipinski definition) is 6. The van der Waals surface area contributed by atoms with Crippen molar-refractivity contribution in [3.63, 3.8) is 0 Å². The van der Waals surface area contributed by atoms with Gasteiger partial charge in [-0.2, -0.15) is 0 Å². The van der Waals surface area contributed by atoms with E-state index in [4.69, 9.17) is 25.8 Å². The number of imidazole rings is 1. The Labute approximate surface area is 214 Å². The molecular weight excluding hydrogens is 487 g/mol. The Morgan fingerprint density at radius 1 is 1.19 bits per heavy atom. The smallest absolute Gasteiger partial charge is 0.219 e. The van der Waals surface area contributed by atoms with Crippen molar-refractivity contribution in [3.8, 4) is 5.75 Å². The number of rotatable bonds is 7. The minimum absolute atomic E-state index is 0.115. The van der Waals surface area contributed by atoms with Crippen molar-refractivity contribution in [1.29, 1.82) is 0 Å². The average Bonchev–Trinajstić information content (AvgIpc) is 3.54. The third-order valence-corrected chi connectivity index (χ3v) is 6.75. The van der Waals surface area contributed by atoms with Crippen molar-refractivity contribution in [2.24, 2.45) is 0 Å². The van der Waals surface area contributed by atoms with Crippen LogP contribution in [-0.4, -0.2) is 65.9 Å². The van der Waals surface area contributed by atoms with Crippen LogP contribution in [0.3, 0.4) is 0 Å². The first-order chi connectivity index (χ1) is 17.4. The first kappa shape index (κ1) is 24.5. The summed E-state index contributed by atoms with van der Waals surface area (Å²) in [4.78, 5) is 19.7. The van der Waals surface area contributed by atoms with Crippen LogP contribution < -0.4 is 9.64 Å². The lowest BCUT2D eigenvalue weighted by molar-refractivity contribution is -0.191. The topological polar surface area (TPSA) is 69.1 Å². The molecule has 2 fully saturated rings. The van der Waals surface area contributed by atoms with Crippen molar-refractivity contribution < 1.29 is 23.4 Å². The van der Waals surface area contributed by atoms with E-state index in [1.807, 2.05) is 29.2 Å². The number of benzene rings is 2. The fraction of sp³-hybridized carbons (Fsp3) is 0.385. The predicted molar refractivity (Wildman–Crippen MR) is 133 cm³/mol. The molecule has 0 saturated carbocycles. The van der Waals surface area contributed by atoms with Gasteiger partial charge in [-0.3, -0.25) is 4.79 Å². The van der Waals surface area contributed by atoms with Crippen LogP contribution in [0.2, 0.25) is 5.02 Å². The SMILES string of the molecule is CC(=O)N1CCN(c2ccc(OCC3COC(Cn4ccnc4)(c4ccc(Cl)cc4F)O3)cc2)CC1. The highest BCUT2D eigenvalue weighted by molar-refractivity contribution is 6.30. The number of piperazine rings is 1. The molecule has 0 spiro atoms. The Balaban J connectivity index is 1.22. The van der Waals surface area contributed by atoms with E-state index >= 15 is 0 Å². The predicted octanol–water partition coefficient (Wildman–Crippen LogP) is 3.69. The van der Waals surface area contributed by atoms with Crippen LogP contribution in [0.1, 0.15) is 12.5 Å². The van der Waals surface area contributed by atoms with E-state index in [9.17, 15) is 9.18 Å². The minimum atomic E-state index is -1.32. The molecule has 0 bridgehead atoms.